The van der Waals surface area contributed by atoms with Gasteiger partial charge in [-0.2, -0.15) is 0 Å². The van der Waals surface area contributed by atoms with Gasteiger partial charge in [-0.3, -0.25) is 15.1 Å². The van der Waals surface area contributed by atoms with Gasteiger partial charge in [-0.05, 0) is 18.2 Å². The van der Waals surface area contributed by atoms with E-state index < -0.39 is 0 Å². The molecule has 3 aromatic rings. The highest BCUT2D eigenvalue weighted by Crippen LogP contribution is 2.39. The van der Waals surface area contributed by atoms with Crippen LogP contribution in [-0.2, 0) is 4.74 Å². The Hall–Kier alpha value is -2.91. The van der Waals surface area contributed by atoms with Crippen LogP contribution in [0, 0.1) is 0 Å². The number of amides is 1. The molecule has 8 nitrogen and oxygen atoms in total. The molecule has 1 aliphatic heterocycles. The molecule has 1 fully saturated rings. The van der Waals surface area contributed by atoms with Crippen LogP contribution >= 0.6 is 11.3 Å². The van der Waals surface area contributed by atoms with Gasteiger partial charge in [0.25, 0.3) is 5.91 Å². The number of hydrogen-bond acceptors (Lipinski definition) is 8. The molecule has 0 bridgehead atoms. The van der Waals surface area contributed by atoms with Gasteiger partial charge in [0, 0.05) is 19.3 Å². The molecule has 1 aliphatic rings. The fourth-order valence-corrected chi connectivity index (χ4v) is 4.15. The zero-order chi connectivity index (χ0) is 19.5. The first-order chi connectivity index (χ1) is 13.7. The summed E-state index contributed by atoms with van der Waals surface area (Å²) in [7, 11) is 3.12. The van der Waals surface area contributed by atoms with Gasteiger partial charge in [-0.1, -0.05) is 11.3 Å². The largest absolute Gasteiger partial charge is 0.494 e. The van der Waals surface area contributed by atoms with E-state index in [-0.39, 0.29) is 5.91 Å². The number of morpholine rings is 1. The molecule has 0 spiro atoms. The summed E-state index contributed by atoms with van der Waals surface area (Å²) < 4.78 is 17.1. The molecule has 9 heteroatoms. The third kappa shape index (κ3) is 3.46. The Bertz CT molecular complexity index is 1000. The lowest BCUT2D eigenvalue weighted by atomic mass is 10.2. The minimum absolute atomic E-state index is 0.301. The Morgan fingerprint density at radius 1 is 1.18 bits per heavy atom. The molecule has 3 heterocycles. The molecule has 0 radical (unpaired) electrons. The summed E-state index contributed by atoms with van der Waals surface area (Å²) in [6.45, 7) is 3.01. The van der Waals surface area contributed by atoms with E-state index in [1.54, 1.807) is 19.4 Å². The summed E-state index contributed by atoms with van der Waals surface area (Å²) in [4.78, 5) is 23.5. The van der Waals surface area contributed by atoms with Crippen LogP contribution in [-0.4, -0.2) is 56.4 Å². The van der Waals surface area contributed by atoms with Gasteiger partial charge in [-0.25, -0.2) is 4.98 Å². The second kappa shape index (κ2) is 7.99. The number of benzene rings is 1. The van der Waals surface area contributed by atoms with Crippen LogP contribution < -0.4 is 19.7 Å². The van der Waals surface area contributed by atoms with Crippen LogP contribution in [0.4, 0.5) is 10.8 Å². The molecule has 0 saturated carbocycles. The zero-order valence-electron chi connectivity index (χ0n) is 15.6. The molecule has 0 unspecified atom stereocenters. The average Bonchev–Trinajstić information content (AvgIpc) is 3.17. The van der Waals surface area contributed by atoms with Crippen LogP contribution in [0.15, 0.2) is 30.6 Å². The van der Waals surface area contributed by atoms with Crippen molar-refractivity contribution in [3.8, 4) is 11.5 Å². The third-order valence-corrected chi connectivity index (χ3v) is 5.52. The molecule has 2 aromatic heterocycles. The van der Waals surface area contributed by atoms with Crippen molar-refractivity contribution in [1.82, 2.24) is 9.97 Å². The number of methoxy groups -OCH3 is 2. The van der Waals surface area contributed by atoms with Gasteiger partial charge in [0.2, 0.25) is 0 Å². The molecule has 1 N–H and O–H groups in total. The summed E-state index contributed by atoms with van der Waals surface area (Å²) in [6, 6.07) is 5.55. The third-order valence-electron chi connectivity index (χ3n) is 4.53. The molecule has 1 saturated heterocycles. The SMILES string of the molecule is COc1cnccc1C(=O)Nc1nc2c(OC)ccc(N3CCOCC3)c2s1. The van der Waals surface area contributed by atoms with E-state index in [1.165, 1.54) is 24.6 Å². The molecular formula is C19H20N4O4S. The number of carbonyl (C=O) groups is 1. The number of aromatic nitrogens is 2. The van der Waals surface area contributed by atoms with E-state index in [1.807, 2.05) is 12.1 Å². The molecule has 28 heavy (non-hydrogen) atoms. The lowest BCUT2D eigenvalue weighted by Gasteiger charge is -2.29. The monoisotopic (exact) mass is 400 g/mol. The smallest absolute Gasteiger partial charge is 0.261 e. The predicted molar refractivity (Wildman–Crippen MR) is 108 cm³/mol. The van der Waals surface area contributed by atoms with E-state index in [9.17, 15) is 4.79 Å². The normalized spacial score (nSPS) is 14.1. The quantitative estimate of drug-likeness (QED) is 0.705. The Kier molecular flexibility index (Phi) is 5.27. The second-order valence-electron chi connectivity index (χ2n) is 6.11. The number of ether oxygens (including phenoxy) is 3. The topological polar surface area (TPSA) is 85.8 Å². The van der Waals surface area contributed by atoms with Gasteiger partial charge in [0.05, 0.1) is 49.6 Å². The summed E-state index contributed by atoms with van der Waals surface area (Å²) in [5.74, 6) is 0.781. The van der Waals surface area contributed by atoms with Crippen LogP contribution in [0.5, 0.6) is 11.5 Å². The number of nitrogens with zero attached hydrogens (tertiary/aromatic N) is 3. The molecule has 4 rings (SSSR count). The standard InChI is InChI=1S/C19H20N4O4S/c1-25-14-4-3-13(23-7-9-27-10-8-23)17-16(14)21-19(28-17)22-18(24)12-5-6-20-11-15(12)26-2/h3-6,11H,7-10H2,1-2H3,(H,21,22,24). The van der Waals surface area contributed by atoms with Crippen molar-refractivity contribution in [2.45, 2.75) is 0 Å². The van der Waals surface area contributed by atoms with Crippen molar-refractivity contribution in [3.63, 3.8) is 0 Å². The maximum absolute atomic E-state index is 12.7. The number of hydrogen-bond donors (Lipinski definition) is 1. The molecular weight excluding hydrogens is 380 g/mol. The highest BCUT2D eigenvalue weighted by Gasteiger charge is 2.21. The molecule has 146 valence electrons. The Balaban J connectivity index is 1.69. The number of nitrogens with one attached hydrogen (secondary N) is 1. The Morgan fingerprint density at radius 2 is 1.96 bits per heavy atom. The highest BCUT2D eigenvalue weighted by molar-refractivity contribution is 7.23. The molecule has 1 amide bonds. The minimum atomic E-state index is -0.301. The van der Waals surface area contributed by atoms with Gasteiger partial charge < -0.3 is 19.1 Å². The van der Waals surface area contributed by atoms with Gasteiger partial charge >= 0.3 is 0 Å². The van der Waals surface area contributed by atoms with E-state index in [4.69, 9.17) is 14.2 Å². The Labute approximate surface area is 166 Å². The number of thiazole rings is 1. The Morgan fingerprint density at radius 3 is 2.71 bits per heavy atom. The van der Waals surface area contributed by atoms with Crippen molar-refractivity contribution in [2.24, 2.45) is 0 Å². The average molecular weight is 400 g/mol. The first kappa shape index (κ1) is 18.5. The number of pyridine rings is 1. The fourth-order valence-electron chi connectivity index (χ4n) is 3.14. The fraction of sp³-hybridized carbons (Fsp3) is 0.316. The minimum Gasteiger partial charge on any atom is -0.494 e. The van der Waals surface area contributed by atoms with Crippen molar-refractivity contribution in [1.29, 1.82) is 0 Å². The zero-order valence-corrected chi connectivity index (χ0v) is 16.4. The predicted octanol–water partition coefficient (Wildman–Crippen LogP) is 2.80. The summed E-state index contributed by atoms with van der Waals surface area (Å²) in [5, 5.41) is 3.36. The number of rotatable bonds is 5. The van der Waals surface area contributed by atoms with Gasteiger partial charge in [-0.15, -0.1) is 0 Å². The molecule has 0 aliphatic carbocycles. The number of anilines is 2. The summed E-state index contributed by atoms with van der Waals surface area (Å²) >= 11 is 1.42. The first-order valence-electron chi connectivity index (χ1n) is 8.81. The maximum Gasteiger partial charge on any atom is 0.261 e. The van der Waals surface area contributed by atoms with Crippen molar-refractivity contribution < 1.29 is 19.0 Å². The lowest BCUT2D eigenvalue weighted by molar-refractivity contribution is 0.102. The van der Waals surface area contributed by atoms with Gasteiger partial charge in [0.15, 0.2) is 5.13 Å². The van der Waals surface area contributed by atoms with Crippen LogP contribution in [0.3, 0.4) is 0 Å². The lowest BCUT2D eigenvalue weighted by Crippen LogP contribution is -2.36. The molecule has 1 aromatic carbocycles. The van der Waals surface area contributed by atoms with Crippen LogP contribution in [0.1, 0.15) is 10.4 Å². The molecule has 0 atom stereocenters. The maximum atomic E-state index is 12.7. The van der Waals surface area contributed by atoms with E-state index in [0.29, 0.717) is 35.4 Å². The summed E-state index contributed by atoms with van der Waals surface area (Å²) in [6.07, 6.45) is 3.06. The van der Waals surface area contributed by atoms with Gasteiger partial charge in [0.1, 0.15) is 17.0 Å². The van der Waals surface area contributed by atoms with Crippen LogP contribution in [0.25, 0.3) is 10.2 Å². The highest BCUT2D eigenvalue weighted by atomic mass is 32.1. The van der Waals surface area contributed by atoms with E-state index >= 15 is 0 Å². The van der Waals surface area contributed by atoms with E-state index in [0.717, 1.165) is 29.0 Å². The van der Waals surface area contributed by atoms with Crippen LogP contribution in [0.2, 0.25) is 0 Å². The number of fused-ring (bicyclic) bond motifs is 1. The van der Waals surface area contributed by atoms with E-state index in [2.05, 4.69) is 20.2 Å². The first-order valence-corrected chi connectivity index (χ1v) is 9.62. The van der Waals surface area contributed by atoms with Crippen molar-refractivity contribution >= 4 is 38.3 Å². The number of carbonyl (C=O) groups excluding carboxylic acids is 1. The van der Waals surface area contributed by atoms with Crippen molar-refractivity contribution in [2.75, 3.05) is 50.7 Å². The second-order valence-corrected chi connectivity index (χ2v) is 7.11. The van der Waals surface area contributed by atoms with Crippen molar-refractivity contribution in [3.05, 3.63) is 36.2 Å². The summed E-state index contributed by atoms with van der Waals surface area (Å²) in [5.41, 5.74) is 2.20.